The number of anilines is 3. The zero-order valence-corrected chi connectivity index (χ0v) is 29.5. The van der Waals surface area contributed by atoms with Crippen molar-refractivity contribution in [3.8, 4) is 44.8 Å². The predicted octanol–water partition coefficient (Wildman–Crippen LogP) is 14.3. The zero-order chi connectivity index (χ0) is 35.1. The molecular weight excluding hydrogens is 665 g/mol. The Morgan fingerprint density at radius 3 is 1.75 bits per heavy atom. The van der Waals surface area contributed by atoms with Crippen LogP contribution in [0.1, 0.15) is 0 Å². The molecule has 8 aromatic carbocycles. The highest BCUT2D eigenvalue weighted by Crippen LogP contribution is 2.43. The van der Waals surface area contributed by atoms with E-state index in [0.29, 0.717) is 5.89 Å². The maximum Gasteiger partial charge on any atom is 0.227 e. The van der Waals surface area contributed by atoms with E-state index >= 15 is 0 Å². The molecule has 0 spiro atoms. The minimum Gasteiger partial charge on any atom is -0.435 e. The van der Waals surface area contributed by atoms with Crippen LogP contribution in [-0.2, 0) is 0 Å². The second-order valence-corrected chi connectivity index (χ2v) is 14.3. The van der Waals surface area contributed by atoms with E-state index in [4.69, 9.17) is 9.40 Å². The van der Waals surface area contributed by atoms with Crippen LogP contribution in [0.25, 0.3) is 76.1 Å². The molecule has 53 heavy (non-hydrogen) atoms. The highest BCUT2D eigenvalue weighted by molar-refractivity contribution is 7.25. The molecule has 2 aromatic heterocycles. The summed E-state index contributed by atoms with van der Waals surface area (Å²) in [6, 6.07) is 68.6. The molecule has 0 unspecified atom stereocenters. The smallest absolute Gasteiger partial charge is 0.227 e. The number of benzene rings is 8. The summed E-state index contributed by atoms with van der Waals surface area (Å²) in [5.74, 6) is 0.614. The standard InChI is InChI=1S/C49H32N2OS/c1-4-13-33(14-5-1)37-19-12-20-39(31-37)51(40-27-28-44-43-21-10-11-22-45(43)53-46(44)32-40)38-25-23-35(24-26-38)42-30-29-41(34-15-6-2-7-16-34)47-48(42)52-49(50-47)36-17-8-3-9-18-36/h1-32H. The molecule has 2 heterocycles. The van der Waals surface area contributed by atoms with Crippen molar-refractivity contribution in [2.75, 3.05) is 4.90 Å². The largest absolute Gasteiger partial charge is 0.435 e. The number of thiophene rings is 1. The van der Waals surface area contributed by atoms with Gasteiger partial charge in [0, 0.05) is 53.9 Å². The molecule has 0 atom stereocenters. The summed E-state index contributed by atoms with van der Waals surface area (Å²) in [5.41, 5.74) is 12.4. The molecule has 0 aliphatic carbocycles. The number of hydrogen-bond donors (Lipinski definition) is 0. The Labute approximate surface area is 311 Å². The Balaban J connectivity index is 1.11. The Bertz CT molecular complexity index is 2880. The van der Waals surface area contributed by atoms with Gasteiger partial charge in [0.05, 0.1) is 0 Å². The van der Waals surface area contributed by atoms with Crippen molar-refractivity contribution in [2.45, 2.75) is 0 Å². The molecule has 0 aliphatic heterocycles. The summed E-state index contributed by atoms with van der Waals surface area (Å²) in [5, 5.41) is 2.58. The van der Waals surface area contributed by atoms with E-state index in [2.05, 4.69) is 163 Å². The first kappa shape index (κ1) is 31.0. The van der Waals surface area contributed by atoms with E-state index in [1.807, 2.05) is 47.7 Å². The van der Waals surface area contributed by atoms with Gasteiger partial charge in [-0.05, 0) is 82.9 Å². The molecule has 0 bridgehead atoms. The Hall–Kier alpha value is -6.75. The molecule has 0 aliphatic rings. The fourth-order valence-electron chi connectivity index (χ4n) is 7.33. The van der Waals surface area contributed by atoms with Crippen LogP contribution in [0.2, 0.25) is 0 Å². The molecule has 0 fully saturated rings. The van der Waals surface area contributed by atoms with Gasteiger partial charge in [-0.15, -0.1) is 11.3 Å². The Morgan fingerprint density at radius 2 is 0.981 bits per heavy atom. The van der Waals surface area contributed by atoms with Gasteiger partial charge in [-0.2, -0.15) is 0 Å². The number of fused-ring (bicyclic) bond motifs is 4. The Morgan fingerprint density at radius 1 is 0.396 bits per heavy atom. The zero-order valence-electron chi connectivity index (χ0n) is 28.7. The molecule has 0 amide bonds. The molecular formula is C49H32N2OS. The van der Waals surface area contributed by atoms with Crippen LogP contribution in [0.5, 0.6) is 0 Å². The fraction of sp³-hybridized carbons (Fsp3) is 0. The van der Waals surface area contributed by atoms with Crippen molar-refractivity contribution in [3.63, 3.8) is 0 Å². The number of aromatic nitrogens is 1. The highest BCUT2D eigenvalue weighted by Gasteiger charge is 2.20. The first-order chi connectivity index (χ1) is 26.3. The van der Waals surface area contributed by atoms with Crippen LogP contribution >= 0.6 is 11.3 Å². The number of oxazole rings is 1. The first-order valence-electron chi connectivity index (χ1n) is 17.8. The molecule has 250 valence electrons. The monoisotopic (exact) mass is 696 g/mol. The lowest BCUT2D eigenvalue weighted by Gasteiger charge is -2.26. The first-order valence-corrected chi connectivity index (χ1v) is 18.6. The summed E-state index contributed by atoms with van der Waals surface area (Å²) >= 11 is 1.84. The second kappa shape index (κ2) is 13.1. The summed E-state index contributed by atoms with van der Waals surface area (Å²) in [7, 11) is 0. The molecule has 10 rings (SSSR count). The van der Waals surface area contributed by atoms with Gasteiger partial charge in [-0.3, -0.25) is 0 Å². The van der Waals surface area contributed by atoms with E-state index in [1.165, 1.54) is 31.3 Å². The van der Waals surface area contributed by atoms with Gasteiger partial charge in [0.25, 0.3) is 0 Å². The summed E-state index contributed by atoms with van der Waals surface area (Å²) in [6.07, 6.45) is 0. The minimum absolute atomic E-state index is 0.614. The predicted molar refractivity (Wildman–Crippen MR) is 223 cm³/mol. The molecule has 0 saturated heterocycles. The normalized spacial score (nSPS) is 11.4. The molecule has 0 radical (unpaired) electrons. The average Bonchev–Trinajstić information content (AvgIpc) is 3.85. The van der Waals surface area contributed by atoms with E-state index in [-0.39, 0.29) is 0 Å². The third-order valence-electron chi connectivity index (χ3n) is 9.92. The summed E-state index contributed by atoms with van der Waals surface area (Å²) in [6.45, 7) is 0. The lowest BCUT2D eigenvalue weighted by molar-refractivity contribution is 0.621. The molecule has 10 aromatic rings. The lowest BCUT2D eigenvalue weighted by atomic mass is 9.98. The van der Waals surface area contributed by atoms with Crippen molar-refractivity contribution in [2.24, 2.45) is 0 Å². The van der Waals surface area contributed by atoms with Crippen LogP contribution in [0, 0.1) is 0 Å². The molecule has 0 saturated carbocycles. The van der Waals surface area contributed by atoms with Crippen molar-refractivity contribution < 1.29 is 4.42 Å². The highest BCUT2D eigenvalue weighted by atomic mass is 32.1. The maximum atomic E-state index is 6.62. The topological polar surface area (TPSA) is 29.3 Å². The van der Waals surface area contributed by atoms with E-state index in [1.54, 1.807) is 0 Å². The van der Waals surface area contributed by atoms with E-state index in [0.717, 1.165) is 56.0 Å². The van der Waals surface area contributed by atoms with Gasteiger partial charge in [-0.25, -0.2) is 4.98 Å². The van der Waals surface area contributed by atoms with Gasteiger partial charge < -0.3 is 9.32 Å². The average molecular weight is 697 g/mol. The summed E-state index contributed by atoms with van der Waals surface area (Å²) < 4.78 is 9.19. The van der Waals surface area contributed by atoms with Crippen LogP contribution < -0.4 is 4.90 Å². The SMILES string of the molecule is c1ccc(-c2cccc(N(c3ccc(-c4ccc(-c5ccccc5)c5nc(-c6ccccc6)oc45)cc3)c3ccc4c(c3)sc3ccccc34)c2)cc1. The van der Waals surface area contributed by atoms with Gasteiger partial charge in [0.1, 0.15) is 5.52 Å². The molecule has 4 heteroatoms. The maximum absolute atomic E-state index is 6.62. The molecule has 3 nitrogen and oxygen atoms in total. The quantitative estimate of drug-likeness (QED) is 0.166. The van der Waals surface area contributed by atoms with Gasteiger partial charge in [0.2, 0.25) is 5.89 Å². The Kier molecular flexibility index (Phi) is 7.67. The number of hydrogen-bond acceptors (Lipinski definition) is 4. The van der Waals surface area contributed by atoms with Gasteiger partial charge in [0.15, 0.2) is 5.58 Å². The van der Waals surface area contributed by atoms with E-state index < -0.39 is 0 Å². The lowest BCUT2D eigenvalue weighted by Crippen LogP contribution is -2.09. The number of rotatable bonds is 7. The van der Waals surface area contributed by atoms with Crippen molar-refractivity contribution in [3.05, 3.63) is 194 Å². The van der Waals surface area contributed by atoms with Crippen LogP contribution in [0.15, 0.2) is 199 Å². The number of nitrogens with zero attached hydrogens (tertiary/aromatic N) is 2. The van der Waals surface area contributed by atoms with Gasteiger partial charge >= 0.3 is 0 Å². The summed E-state index contributed by atoms with van der Waals surface area (Å²) in [4.78, 5) is 7.43. The van der Waals surface area contributed by atoms with Crippen molar-refractivity contribution >= 4 is 59.7 Å². The molecule has 0 N–H and O–H groups in total. The van der Waals surface area contributed by atoms with Crippen LogP contribution in [0.4, 0.5) is 17.1 Å². The third kappa shape index (κ3) is 5.66. The van der Waals surface area contributed by atoms with Crippen molar-refractivity contribution in [1.82, 2.24) is 4.98 Å². The van der Waals surface area contributed by atoms with Crippen LogP contribution in [-0.4, -0.2) is 4.98 Å². The fourth-order valence-corrected chi connectivity index (χ4v) is 8.47. The van der Waals surface area contributed by atoms with Crippen LogP contribution in [0.3, 0.4) is 0 Å². The second-order valence-electron chi connectivity index (χ2n) is 13.2. The minimum atomic E-state index is 0.614. The van der Waals surface area contributed by atoms with E-state index in [9.17, 15) is 0 Å². The third-order valence-corrected chi connectivity index (χ3v) is 11.1. The van der Waals surface area contributed by atoms with Gasteiger partial charge in [-0.1, -0.05) is 133 Å². The van der Waals surface area contributed by atoms with Crippen molar-refractivity contribution in [1.29, 1.82) is 0 Å².